The molecule has 0 saturated carbocycles. The van der Waals surface area contributed by atoms with Crippen LogP contribution in [0.5, 0.6) is 0 Å². The number of hydrogen-bond donors (Lipinski definition) is 1. The Morgan fingerprint density at radius 1 is 1.19 bits per heavy atom. The van der Waals surface area contributed by atoms with Gasteiger partial charge in [-0.2, -0.15) is 0 Å². The minimum absolute atomic E-state index is 0.0771. The highest BCUT2D eigenvalue weighted by atomic mass is 16.6. The fourth-order valence-corrected chi connectivity index (χ4v) is 2.36. The predicted octanol–water partition coefficient (Wildman–Crippen LogP) is 3.80. The van der Waals surface area contributed by atoms with Gasteiger partial charge in [0.2, 0.25) is 0 Å². The van der Waals surface area contributed by atoms with Gasteiger partial charge in [0.05, 0.1) is 4.92 Å². The highest BCUT2D eigenvalue weighted by Gasteiger charge is 2.17. The first-order valence-corrected chi connectivity index (χ1v) is 8.27. The molecular weight excluding hydrogens is 348 g/mol. The Morgan fingerprint density at radius 2 is 1.93 bits per heavy atom. The average Bonchev–Trinajstić information content (AvgIpc) is 2.62. The number of amides is 1. The van der Waals surface area contributed by atoms with Crippen molar-refractivity contribution < 1.29 is 19.2 Å². The Kier molecular flexibility index (Phi) is 6.43. The van der Waals surface area contributed by atoms with E-state index in [0.29, 0.717) is 11.3 Å². The predicted molar refractivity (Wildman–Crippen MR) is 102 cm³/mol. The zero-order chi connectivity index (χ0) is 20.0. The quantitative estimate of drug-likeness (QED) is 0.362. The lowest BCUT2D eigenvalue weighted by atomic mass is 10.1. The number of nitrogens with zero attached hydrogens (tertiary/aromatic N) is 1. The minimum Gasteiger partial charge on any atom is -0.449 e. The molecule has 0 spiro atoms. The first-order chi connectivity index (χ1) is 12.8. The van der Waals surface area contributed by atoms with Crippen LogP contribution in [-0.4, -0.2) is 22.9 Å². The summed E-state index contributed by atoms with van der Waals surface area (Å²) in [6, 6.07) is 11.4. The molecule has 1 atom stereocenters. The molecular formula is C20H20N2O5. The van der Waals surface area contributed by atoms with Crippen molar-refractivity contribution in [3.63, 3.8) is 0 Å². The van der Waals surface area contributed by atoms with E-state index in [1.165, 1.54) is 31.2 Å². The lowest BCUT2D eigenvalue weighted by Gasteiger charge is -2.14. The molecule has 7 nitrogen and oxygen atoms in total. The van der Waals surface area contributed by atoms with Crippen molar-refractivity contribution in [3.05, 3.63) is 75.3 Å². The van der Waals surface area contributed by atoms with Gasteiger partial charge in [-0.25, -0.2) is 4.79 Å². The second kappa shape index (κ2) is 8.75. The number of carbonyl (C=O) groups excluding carboxylic acids is 2. The van der Waals surface area contributed by atoms with Crippen molar-refractivity contribution in [1.82, 2.24) is 0 Å². The van der Waals surface area contributed by atoms with Gasteiger partial charge in [0.15, 0.2) is 6.10 Å². The number of nitrogens with one attached hydrogen (secondary N) is 1. The summed E-state index contributed by atoms with van der Waals surface area (Å²) >= 11 is 0. The molecule has 0 saturated heterocycles. The molecule has 0 aromatic heterocycles. The number of nitro groups is 1. The summed E-state index contributed by atoms with van der Waals surface area (Å²) in [6.07, 6.45) is 1.53. The molecule has 1 unspecified atom stereocenters. The topological polar surface area (TPSA) is 98.5 Å². The molecule has 0 bridgehead atoms. The van der Waals surface area contributed by atoms with Crippen LogP contribution in [0.25, 0.3) is 6.08 Å². The van der Waals surface area contributed by atoms with Gasteiger partial charge in [0.25, 0.3) is 11.6 Å². The highest BCUT2D eigenvalue weighted by molar-refractivity contribution is 5.97. The molecule has 0 aliphatic rings. The summed E-state index contributed by atoms with van der Waals surface area (Å²) in [5.74, 6) is -1.16. The third-order valence-electron chi connectivity index (χ3n) is 3.79. The van der Waals surface area contributed by atoms with Crippen LogP contribution >= 0.6 is 0 Å². The maximum atomic E-state index is 12.2. The van der Waals surface area contributed by atoms with Crippen molar-refractivity contribution in [1.29, 1.82) is 0 Å². The summed E-state index contributed by atoms with van der Waals surface area (Å²) in [7, 11) is 0. The van der Waals surface area contributed by atoms with E-state index in [0.717, 1.165) is 17.2 Å². The molecule has 1 N–H and O–H groups in total. The lowest BCUT2D eigenvalue weighted by molar-refractivity contribution is -0.384. The Bertz CT molecular complexity index is 905. The molecule has 2 aromatic rings. The Balaban J connectivity index is 1.95. The number of anilines is 1. The third kappa shape index (κ3) is 5.78. The van der Waals surface area contributed by atoms with Gasteiger partial charge in [-0.15, -0.1) is 0 Å². The van der Waals surface area contributed by atoms with Gasteiger partial charge in [0, 0.05) is 23.9 Å². The first kappa shape index (κ1) is 19.8. The Labute approximate surface area is 156 Å². The monoisotopic (exact) mass is 368 g/mol. The van der Waals surface area contributed by atoms with Crippen molar-refractivity contribution in [2.45, 2.75) is 26.9 Å². The van der Waals surface area contributed by atoms with E-state index in [-0.39, 0.29) is 5.69 Å². The SMILES string of the molecule is Cc1ccc(NC(=O)C(C)OC(=O)C=Cc2cccc([N+](=O)[O-])c2)c(C)c1. The number of ether oxygens (including phenoxy) is 1. The van der Waals surface area contributed by atoms with Crippen molar-refractivity contribution in [2.75, 3.05) is 5.32 Å². The average molecular weight is 368 g/mol. The van der Waals surface area contributed by atoms with Gasteiger partial charge in [-0.1, -0.05) is 29.8 Å². The van der Waals surface area contributed by atoms with Gasteiger partial charge in [-0.05, 0) is 44.0 Å². The fraction of sp³-hybridized carbons (Fsp3) is 0.200. The molecule has 0 aliphatic heterocycles. The summed E-state index contributed by atoms with van der Waals surface area (Å²) < 4.78 is 5.08. The molecule has 0 heterocycles. The molecule has 0 fully saturated rings. The third-order valence-corrected chi connectivity index (χ3v) is 3.79. The van der Waals surface area contributed by atoms with E-state index in [9.17, 15) is 19.7 Å². The van der Waals surface area contributed by atoms with Crippen LogP contribution in [0.4, 0.5) is 11.4 Å². The van der Waals surface area contributed by atoms with Crippen molar-refractivity contribution in [3.8, 4) is 0 Å². The molecule has 2 rings (SSSR count). The molecule has 0 radical (unpaired) electrons. The Hall–Kier alpha value is -3.48. The zero-order valence-corrected chi connectivity index (χ0v) is 15.3. The molecule has 2 aromatic carbocycles. The van der Waals surface area contributed by atoms with E-state index >= 15 is 0 Å². The largest absolute Gasteiger partial charge is 0.449 e. The van der Waals surface area contributed by atoms with Crippen LogP contribution in [0.2, 0.25) is 0 Å². The van der Waals surface area contributed by atoms with E-state index in [2.05, 4.69) is 5.32 Å². The minimum atomic E-state index is -0.993. The first-order valence-electron chi connectivity index (χ1n) is 8.27. The maximum Gasteiger partial charge on any atom is 0.331 e. The molecule has 140 valence electrons. The van der Waals surface area contributed by atoms with Gasteiger partial charge in [0.1, 0.15) is 0 Å². The van der Waals surface area contributed by atoms with Gasteiger partial charge < -0.3 is 10.1 Å². The van der Waals surface area contributed by atoms with Crippen molar-refractivity contribution >= 4 is 29.3 Å². The van der Waals surface area contributed by atoms with Crippen LogP contribution in [0.3, 0.4) is 0 Å². The second-order valence-electron chi connectivity index (χ2n) is 6.07. The number of aryl methyl sites for hydroxylation is 2. The van der Waals surface area contributed by atoms with E-state index in [4.69, 9.17) is 4.74 Å². The number of nitro benzene ring substituents is 1. The number of esters is 1. The number of non-ortho nitro benzene ring substituents is 1. The summed E-state index contributed by atoms with van der Waals surface area (Å²) in [5, 5.41) is 13.5. The number of hydrogen-bond acceptors (Lipinski definition) is 5. The summed E-state index contributed by atoms with van der Waals surface area (Å²) in [6.45, 7) is 5.30. The van der Waals surface area contributed by atoms with E-state index < -0.39 is 22.9 Å². The summed E-state index contributed by atoms with van der Waals surface area (Å²) in [5.41, 5.74) is 3.05. The molecule has 27 heavy (non-hydrogen) atoms. The summed E-state index contributed by atoms with van der Waals surface area (Å²) in [4.78, 5) is 34.3. The number of rotatable bonds is 6. The van der Waals surface area contributed by atoms with Crippen molar-refractivity contribution in [2.24, 2.45) is 0 Å². The fourth-order valence-electron chi connectivity index (χ4n) is 2.36. The Morgan fingerprint density at radius 3 is 2.59 bits per heavy atom. The van der Waals surface area contributed by atoms with Crippen LogP contribution in [-0.2, 0) is 14.3 Å². The van der Waals surface area contributed by atoms with Crippen LogP contribution < -0.4 is 5.32 Å². The van der Waals surface area contributed by atoms with E-state index in [1.54, 1.807) is 12.1 Å². The number of carbonyl (C=O) groups is 2. The standard InChI is InChI=1S/C20H20N2O5/c1-13-7-9-18(14(2)11-13)21-20(24)15(3)27-19(23)10-8-16-5-4-6-17(12-16)22(25)26/h4-12,15H,1-3H3,(H,21,24). The maximum absolute atomic E-state index is 12.2. The smallest absolute Gasteiger partial charge is 0.331 e. The van der Waals surface area contributed by atoms with Crippen LogP contribution in [0, 0.1) is 24.0 Å². The molecule has 1 amide bonds. The van der Waals surface area contributed by atoms with Gasteiger partial charge >= 0.3 is 5.97 Å². The normalized spacial score (nSPS) is 11.8. The lowest BCUT2D eigenvalue weighted by Crippen LogP contribution is -2.29. The molecule has 0 aliphatic carbocycles. The zero-order valence-electron chi connectivity index (χ0n) is 15.3. The molecule has 7 heteroatoms. The second-order valence-corrected chi connectivity index (χ2v) is 6.07. The van der Waals surface area contributed by atoms with Crippen LogP contribution in [0.15, 0.2) is 48.5 Å². The highest BCUT2D eigenvalue weighted by Crippen LogP contribution is 2.17. The van der Waals surface area contributed by atoms with Gasteiger partial charge in [-0.3, -0.25) is 14.9 Å². The van der Waals surface area contributed by atoms with Crippen LogP contribution in [0.1, 0.15) is 23.6 Å². The number of benzene rings is 2. The van der Waals surface area contributed by atoms with E-state index in [1.807, 2.05) is 26.0 Å².